The molecule has 2 aromatic rings. The highest BCUT2D eigenvalue weighted by Gasteiger charge is 2.31. The van der Waals surface area contributed by atoms with E-state index in [4.69, 9.17) is 0 Å². The fourth-order valence-electron chi connectivity index (χ4n) is 3.70. The Morgan fingerprint density at radius 1 is 1.31 bits per heavy atom. The number of hydrogen-bond acceptors (Lipinski definition) is 3. The number of halogens is 2. The van der Waals surface area contributed by atoms with Crippen molar-refractivity contribution in [1.82, 2.24) is 5.43 Å². The third-order valence-electron chi connectivity index (χ3n) is 5.00. The first-order chi connectivity index (χ1) is 13.7. The summed E-state index contributed by atoms with van der Waals surface area (Å²) in [5.74, 6) is -0.687. The van der Waals surface area contributed by atoms with Crippen molar-refractivity contribution in [2.45, 2.75) is 39.7 Å². The number of fused-ring (bicyclic) bond motifs is 1. The molecule has 0 unspecified atom stereocenters. The van der Waals surface area contributed by atoms with Gasteiger partial charge in [0.15, 0.2) is 0 Å². The monoisotopic (exact) mass is 505 g/mol. The Bertz CT molecular complexity index is 998. The number of rotatable bonds is 5. The fourth-order valence-corrected chi connectivity index (χ4v) is 4.24. The lowest BCUT2D eigenvalue weighted by Crippen LogP contribution is -2.45. The highest BCUT2D eigenvalue weighted by Crippen LogP contribution is 2.39. The lowest BCUT2D eigenvalue weighted by Gasteiger charge is -2.43. The summed E-state index contributed by atoms with van der Waals surface area (Å²) in [7, 11) is 0. The minimum Gasteiger partial charge on any atom is -0.362 e. The molecule has 0 radical (unpaired) electrons. The first-order valence-electron chi connectivity index (χ1n) is 9.63. The van der Waals surface area contributed by atoms with Crippen LogP contribution in [0, 0.1) is 9.39 Å². The topological polar surface area (TPSA) is 44.7 Å². The molecule has 0 spiro atoms. The second-order valence-corrected chi connectivity index (χ2v) is 8.98. The van der Waals surface area contributed by atoms with Gasteiger partial charge in [0.2, 0.25) is 0 Å². The predicted molar refractivity (Wildman–Crippen MR) is 126 cm³/mol. The average Bonchev–Trinajstić information content (AvgIpc) is 2.65. The van der Waals surface area contributed by atoms with Crippen molar-refractivity contribution < 1.29 is 9.18 Å². The van der Waals surface area contributed by atoms with Crippen molar-refractivity contribution in [2.75, 3.05) is 11.4 Å². The molecule has 1 aliphatic rings. The molecule has 6 heteroatoms. The number of hydrogen-bond donors (Lipinski definition) is 1. The number of hydrazone groups is 1. The standard InChI is InChI=1S/C23H25FIN3O/c1-5-9-28-21-12-20(24)17(11-19(21)15(2)13-23(28,3)4)14-26-27-22(29)16-7-6-8-18(25)10-16/h6-8,10-14H,5,9H2,1-4H3,(H,27,29)/b26-14-. The van der Waals surface area contributed by atoms with Crippen LogP contribution in [0.25, 0.3) is 5.57 Å². The van der Waals surface area contributed by atoms with Crippen molar-refractivity contribution in [2.24, 2.45) is 5.10 Å². The van der Waals surface area contributed by atoms with E-state index in [0.717, 1.165) is 33.4 Å². The number of carbonyl (C=O) groups is 1. The molecule has 1 amide bonds. The highest BCUT2D eigenvalue weighted by atomic mass is 127. The molecule has 2 aromatic carbocycles. The minimum absolute atomic E-state index is 0.170. The molecule has 0 bridgehead atoms. The Morgan fingerprint density at radius 3 is 2.76 bits per heavy atom. The summed E-state index contributed by atoms with van der Waals surface area (Å²) in [6.45, 7) is 9.30. The van der Waals surface area contributed by atoms with Crippen LogP contribution >= 0.6 is 22.6 Å². The zero-order chi connectivity index (χ0) is 21.2. The minimum atomic E-state index is -0.359. The van der Waals surface area contributed by atoms with Crippen LogP contribution in [0.5, 0.6) is 0 Å². The maximum Gasteiger partial charge on any atom is 0.271 e. The molecular formula is C23H25FIN3O. The van der Waals surface area contributed by atoms with Crippen LogP contribution in [0.4, 0.5) is 10.1 Å². The number of benzene rings is 2. The molecule has 29 heavy (non-hydrogen) atoms. The molecule has 0 fully saturated rings. The number of anilines is 1. The summed E-state index contributed by atoms with van der Waals surface area (Å²) < 4.78 is 15.8. The van der Waals surface area contributed by atoms with Crippen LogP contribution in [-0.4, -0.2) is 24.2 Å². The maximum atomic E-state index is 14.8. The number of nitrogens with one attached hydrogen (secondary N) is 1. The van der Waals surface area contributed by atoms with E-state index in [0.29, 0.717) is 11.1 Å². The van der Waals surface area contributed by atoms with Crippen molar-refractivity contribution >= 4 is 46.0 Å². The summed E-state index contributed by atoms with van der Waals surface area (Å²) in [6.07, 6.45) is 4.55. The van der Waals surface area contributed by atoms with Crippen LogP contribution in [0.2, 0.25) is 0 Å². The Morgan fingerprint density at radius 2 is 2.07 bits per heavy atom. The van der Waals surface area contributed by atoms with Crippen LogP contribution in [0.1, 0.15) is 55.6 Å². The molecular weight excluding hydrogens is 480 g/mol. The lowest BCUT2D eigenvalue weighted by molar-refractivity contribution is 0.0955. The molecule has 1 heterocycles. The average molecular weight is 505 g/mol. The van der Waals surface area contributed by atoms with Gasteiger partial charge < -0.3 is 4.90 Å². The van der Waals surface area contributed by atoms with Gasteiger partial charge in [0.05, 0.1) is 11.8 Å². The largest absolute Gasteiger partial charge is 0.362 e. The molecule has 1 N–H and O–H groups in total. The van der Waals surface area contributed by atoms with Gasteiger partial charge in [0.25, 0.3) is 5.91 Å². The van der Waals surface area contributed by atoms with Gasteiger partial charge in [-0.1, -0.05) is 19.1 Å². The molecule has 3 rings (SSSR count). The lowest BCUT2D eigenvalue weighted by atomic mass is 9.88. The number of carbonyl (C=O) groups excluding carboxylic acids is 1. The summed E-state index contributed by atoms with van der Waals surface area (Å²) in [6, 6.07) is 10.6. The second kappa shape index (κ2) is 8.65. The number of amides is 1. The van der Waals surface area contributed by atoms with E-state index in [2.05, 4.69) is 64.9 Å². The number of allylic oxidation sites excluding steroid dienone is 1. The van der Waals surface area contributed by atoms with Gasteiger partial charge >= 0.3 is 0 Å². The first kappa shape index (κ1) is 21.5. The quantitative estimate of drug-likeness (QED) is 0.327. The smallest absolute Gasteiger partial charge is 0.271 e. The first-order valence-corrected chi connectivity index (χ1v) is 10.7. The molecule has 1 aliphatic heterocycles. The van der Waals surface area contributed by atoms with Crippen LogP contribution in [-0.2, 0) is 0 Å². The highest BCUT2D eigenvalue weighted by molar-refractivity contribution is 14.1. The Balaban J connectivity index is 1.86. The van der Waals surface area contributed by atoms with Crippen LogP contribution < -0.4 is 10.3 Å². The van der Waals surface area contributed by atoms with E-state index in [-0.39, 0.29) is 17.3 Å². The van der Waals surface area contributed by atoms with Gasteiger partial charge in [-0.05, 0) is 85.7 Å². The van der Waals surface area contributed by atoms with Crippen molar-refractivity contribution in [1.29, 1.82) is 0 Å². The van der Waals surface area contributed by atoms with Crippen molar-refractivity contribution in [3.8, 4) is 0 Å². The summed E-state index contributed by atoms with van der Waals surface area (Å²) in [5, 5.41) is 3.97. The summed E-state index contributed by atoms with van der Waals surface area (Å²) >= 11 is 2.14. The van der Waals surface area contributed by atoms with Crippen LogP contribution in [0.3, 0.4) is 0 Å². The van der Waals surface area contributed by atoms with E-state index < -0.39 is 0 Å². The second-order valence-electron chi connectivity index (χ2n) is 7.73. The third-order valence-corrected chi connectivity index (χ3v) is 5.67. The molecule has 152 valence electrons. The van der Waals surface area contributed by atoms with Gasteiger partial charge in [-0.3, -0.25) is 4.79 Å². The fraction of sp³-hybridized carbons (Fsp3) is 0.304. The molecule has 0 saturated carbocycles. The van der Waals surface area contributed by atoms with Gasteiger partial charge in [-0.25, -0.2) is 9.82 Å². The van der Waals surface area contributed by atoms with E-state index in [1.54, 1.807) is 24.3 Å². The number of nitrogens with zero attached hydrogens (tertiary/aromatic N) is 2. The summed E-state index contributed by atoms with van der Waals surface area (Å²) in [4.78, 5) is 14.4. The van der Waals surface area contributed by atoms with Crippen molar-refractivity contribution in [3.05, 3.63) is 68.6 Å². The van der Waals surface area contributed by atoms with E-state index >= 15 is 0 Å². The Labute approximate surface area is 185 Å². The SMILES string of the molecule is CCCN1c2cc(F)c(/C=N\NC(=O)c3cccc(I)c3)cc2C(C)=CC1(C)C. The molecule has 4 nitrogen and oxygen atoms in total. The molecule has 0 saturated heterocycles. The molecule has 0 aromatic heterocycles. The van der Waals surface area contributed by atoms with E-state index in [1.165, 1.54) is 6.21 Å². The zero-order valence-corrected chi connectivity index (χ0v) is 19.2. The van der Waals surface area contributed by atoms with Crippen molar-refractivity contribution in [3.63, 3.8) is 0 Å². The van der Waals surface area contributed by atoms with Gasteiger partial charge in [0, 0.05) is 32.5 Å². The van der Waals surface area contributed by atoms with E-state index in [9.17, 15) is 9.18 Å². The van der Waals surface area contributed by atoms with Gasteiger partial charge in [0.1, 0.15) is 5.82 Å². The zero-order valence-electron chi connectivity index (χ0n) is 17.1. The maximum absolute atomic E-state index is 14.8. The van der Waals surface area contributed by atoms with E-state index in [1.807, 2.05) is 19.1 Å². The Kier molecular flexibility index (Phi) is 6.41. The predicted octanol–water partition coefficient (Wildman–Crippen LogP) is 5.61. The molecule has 0 aliphatic carbocycles. The van der Waals surface area contributed by atoms with Gasteiger partial charge in [-0.2, -0.15) is 5.10 Å². The molecule has 0 atom stereocenters. The third kappa shape index (κ3) is 4.69. The normalized spacial score (nSPS) is 15.2. The Hall–Kier alpha value is -2.22. The van der Waals surface area contributed by atoms with Gasteiger partial charge in [-0.15, -0.1) is 0 Å². The van der Waals surface area contributed by atoms with Crippen LogP contribution in [0.15, 0.2) is 47.6 Å². The summed E-state index contributed by atoms with van der Waals surface area (Å²) in [5.41, 5.74) is 6.15.